The van der Waals surface area contributed by atoms with Crippen LogP contribution in [0.2, 0.25) is 0 Å². The Balaban J connectivity index is 1.40. The number of hydrogen-bond acceptors (Lipinski definition) is 4. The van der Waals surface area contributed by atoms with Crippen molar-refractivity contribution in [2.24, 2.45) is 11.3 Å². The van der Waals surface area contributed by atoms with Gasteiger partial charge in [0.2, 0.25) is 5.91 Å². The lowest BCUT2D eigenvalue weighted by atomic mass is 9.74. The van der Waals surface area contributed by atoms with Gasteiger partial charge in [-0.1, -0.05) is 6.92 Å². The second kappa shape index (κ2) is 6.47. The zero-order valence-electron chi connectivity index (χ0n) is 14.6. The van der Waals surface area contributed by atoms with Gasteiger partial charge in [0.1, 0.15) is 5.82 Å². The molecule has 0 radical (unpaired) electrons. The van der Waals surface area contributed by atoms with Gasteiger partial charge in [0.05, 0.1) is 5.41 Å². The fraction of sp³-hybridized carbons (Fsp3) is 0.833. The molecule has 1 aliphatic carbocycles. The van der Waals surface area contributed by atoms with Crippen LogP contribution in [0.5, 0.6) is 0 Å². The summed E-state index contributed by atoms with van der Waals surface area (Å²) in [4.78, 5) is 20.0. The van der Waals surface area contributed by atoms with E-state index in [9.17, 15) is 4.79 Å². The third-order valence-electron chi connectivity index (χ3n) is 6.20. The van der Waals surface area contributed by atoms with Gasteiger partial charge in [-0.05, 0) is 44.4 Å². The van der Waals surface area contributed by atoms with Gasteiger partial charge >= 0.3 is 0 Å². The summed E-state index contributed by atoms with van der Waals surface area (Å²) >= 11 is 0. The van der Waals surface area contributed by atoms with E-state index in [4.69, 9.17) is 4.74 Å². The molecule has 1 saturated carbocycles. The number of hydrogen-bond donors (Lipinski definition) is 1. The molecular weight excluding hydrogens is 304 g/mol. The Morgan fingerprint density at radius 3 is 2.54 bits per heavy atom. The van der Waals surface area contributed by atoms with Crippen LogP contribution in [-0.4, -0.2) is 52.3 Å². The van der Waals surface area contributed by atoms with Crippen molar-refractivity contribution in [2.45, 2.75) is 57.8 Å². The van der Waals surface area contributed by atoms with Crippen LogP contribution in [0.4, 0.5) is 0 Å². The summed E-state index contributed by atoms with van der Waals surface area (Å²) < 4.78 is 5.54. The molecule has 1 aromatic heterocycles. The number of nitrogens with zero attached hydrogens (tertiary/aromatic N) is 3. The third kappa shape index (κ3) is 2.85. The number of piperidine rings is 1. The van der Waals surface area contributed by atoms with Crippen molar-refractivity contribution in [1.82, 2.24) is 20.1 Å². The van der Waals surface area contributed by atoms with Crippen molar-refractivity contribution >= 4 is 5.91 Å². The van der Waals surface area contributed by atoms with Crippen LogP contribution >= 0.6 is 0 Å². The quantitative estimate of drug-likeness (QED) is 0.918. The monoisotopic (exact) mass is 332 g/mol. The minimum absolute atomic E-state index is 0.120. The first-order valence-corrected chi connectivity index (χ1v) is 9.51. The van der Waals surface area contributed by atoms with E-state index in [-0.39, 0.29) is 5.41 Å². The van der Waals surface area contributed by atoms with E-state index in [0.717, 1.165) is 70.1 Å². The predicted molar refractivity (Wildman–Crippen MR) is 89.5 cm³/mol. The molecule has 3 fully saturated rings. The summed E-state index contributed by atoms with van der Waals surface area (Å²) in [5.41, 5.74) is -0.120. The molecule has 4 rings (SSSR count). The fourth-order valence-corrected chi connectivity index (χ4v) is 4.47. The van der Waals surface area contributed by atoms with Crippen molar-refractivity contribution in [1.29, 1.82) is 0 Å². The van der Waals surface area contributed by atoms with Crippen LogP contribution < -0.4 is 0 Å². The SMILES string of the molecule is CCc1nc(C2CCN(C(=O)C3(C4CC4)CCOCC3)CC2)n[nH]1. The fourth-order valence-electron chi connectivity index (χ4n) is 4.47. The first-order valence-electron chi connectivity index (χ1n) is 9.51. The summed E-state index contributed by atoms with van der Waals surface area (Å²) in [6.45, 7) is 5.26. The zero-order chi connectivity index (χ0) is 16.6. The number of carbonyl (C=O) groups excluding carboxylic acids is 1. The molecule has 132 valence electrons. The topological polar surface area (TPSA) is 71.1 Å². The lowest BCUT2D eigenvalue weighted by molar-refractivity contribution is -0.151. The van der Waals surface area contributed by atoms with Gasteiger partial charge in [0.25, 0.3) is 0 Å². The summed E-state index contributed by atoms with van der Waals surface area (Å²) in [5, 5.41) is 7.38. The number of likely N-dealkylation sites (tertiary alicyclic amines) is 1. The number of nitrogens with one attached hydrogen (secondary N) is 1. The highest BCUT2D eigenvalue weighted by atomic mass is 16.5. The molecule has 1 amide bonds. The second-order valence-corrected chi connectivity index (χ2v) is 7.60. The standard InChI is InChI=1S/C18H28N4O2/c1-2-15-19-16(21-20-15)13-5-9-22(10-6-13)17(23)18(14-3-4-14)7-11-24-12-8-18/h13-14H,2-12H2,1H3,(H,19,20,21). The number of aryl methyl sites for hydroxylation is 1. The van der Waals surface area contributed by atoms with Crippen LogP contribution in [0.3, 0.4) is 0 Å². The van der Waals surface area contributed by atoms with Gasteiger partial charge < -0.3 is 9.64 Å². The van der Waals surface area contributed by atoms with E-state index in [2.05, 4.69) is 27.0 Å². The molecule has 0 bridgehead atoms. The van der Waals surface area contributed by atoms with Crippen LogP contribution in [0.1, 0.15) is 63.0 Å². The Bertz CT molecular complexity index is 582. The molecule has 2 aliphatic heterocycles. The maximum absolute atomic E-state index is 13.3. The van der Waals surface area contributed by atoms with E-state index >= 15 is 0 Å². The highest BCUT2D eigenvalue weighted by molar-refractivity contribution is 5.83. The first-order chi connectivity index (χ1) is 11.7. The average molecular weight is 332 g/mol. The number of ether oxygens (including phenoxy) is 1. The van der Waals surface area contributed by atoms with Crippen molar-refractivity contribution in [3.8, 4) is 0 Å². The van der Waals surface area contributed by atoms with Crippen molar-refractivity contribution in [3.05, 3.63) is 11.6 Å². The summed E-state index contributed by atoms with van der Waals surface area (Å²) in [5.74, 6) is 3.28. The van der Waals surface area contributed by atoms with E-state index in [1.54, 1.807) is 0 Å². The maximum atomic E-state index is 13.3. The van der Waals surface area contributed by atoms with Crippen molar-refractivity contribution in [2.75, 3.05) is 26.3 Å². The molecule has 24 heavy (non-hydrogen) atoms. The zero-order valence-corrected chi connectivity index (χ0v) is 14.6. The van der Waals surface area contributed by atoms with Gasteiger partial charge in [0.15, 0.2) is 5.82 Å². The van der Waals surface area contributed by atoms with Crippen molar-refractivity contribution < 1.29 is 9.53 Å². The molecule has 1 aromatic rings. The number of aromatic nitrogens is 3. The summed E-state index contributed by atoms with van der Waals surface area (Å²) in [6, 6.07) is 0. The predicted octanol–water partition coefficient (Wildman–Crippen LogP) is 2.28. The maximum Gasteiger partial charge on any atom is 0.229 e. The molecular formula is C18H28N4O2. The Labute approximate surface area is 143 Å². The molecule has 0 spiro atoms. The van der Waals surface area contributed by atoms with Gasteiger partial charge in [-0.15, -0.1) is 0 Å². The number of amides is 1. The third-order valence-corrected chi connectivity index (χ3v) is 6.20. The van der Waals surface area contributed by atoms with Crippen LogP contribution in [-0.2, 0) is 16.0 Å². The molecule has 0 atom stereocenters. The van der Waals surface area contributed by atoms with Gasteiger partial charge in [-0.2, -0.15) is 5.10 Å². The normalized spacial score (nSPS) is 25.0. The Morgan fingerprint density at radius 2 is 1.96 bits per heavy atom. The van der Waals surface area contributed by atoms with E-state index in [1.165, 1.54) is 12.8 Å². The molecule has 0 aromatic carbocycles. The minimum Gasteiger partial charge on any atom is -0.381 e. The Kier molecular flexibility index (Phi) is 4.33. The van der Waals surface area contributed by atoms with Crippen molar-refractivity contribution in [3.63, 3.8) is 0 Å². The van der Waals surface area contributed by atoms with Crippen LogP contribution in [0.25, 0.3) is 0 Å². The number of rotatable bonds is 4. The summed E-state index contributed by atoms with van der Waals surface area (Å²) in [7, 11) is 0. The minimum atomic E-state index is -0.120. The van der Waals surface area contributed by atoms with Gasteiger partial charge in [-0.3, -0.25) is 9.89 Å². The highest BCUT2D eigenvalue weighted by Gasteiger charge is 2.52. The van der Waals surface area contributed by atoms with Crippen LogP contribution in [0, 0.1) is 11.3 Å². The molecule has 6 nitrogen and oxygen atoms in total. The number of aromatic amines is 1. The highest BCUT2D eigenvalue weighted by Crippen LogP contribution is 2.52. The molecule has 6 heteroatoms. The molecule has 1 N–H and O–H groups in total. The van der Waals surface area contributed by atoms with Gasteiger partial charge in [0, 0.05) is 38.6 Å². The second-order valence-electron chi connectivity index (χ2n) is 7.60. The number of carbonyl (C=O) groups is 1. The number of H-pyrrole nitrogens is 1. The first kappa shape index (κ1) is 16.1. The molecule has 3 aliphatic rings. The lowest BCUT2D eigenvalue weighted by Crippen LogP contribution is -2.50. The average Bonchev–Trinajstić information content (AvgIpc) is 3.40. The Hall–Kier alpha value is -1.43. The Morgan fingerprint density at radius 1 is 1.25 bits per heavy atom. The van der Waals surface area contributed by atoms with E-state index < -0.39 is 0 Å². The largest absolute Gasteiger partial charge is 0.381 e. The van der Waals surface area contributed by atoms with E-state index in [0.29, 0.717) is 17.7 Å². The van der Waals surface area contributed by atoms with E-state index in [1.807, 2.05) is 0 Å². The molecule has 0 unspecified atom stereocenters. The summed E-state index contributed by atoms with van der Waals surface area (Å²) in [6.07, 6.45) is 7.11. The smallest absolute Gasteiger partial charge is 0.229 e. The lowest BCUT2D eigenvalue weighted by Gasteiger charge is -2.42. The molecule has 3 heterocycles. The van der Waals surface area contributed by atoms with Crippen LogP contribution in [0.15, 0.2) is 0 Å². The molecule has 2 saturated heterocycles. The van der Waals surface area contributed by atoms with Gasteiger partial charge in [-0.25, -0.2) is 4.98 Å².